The topological polar surface area (TPSA) is 189 Å². The highest BCUT2D eigenvalue weighted by Crippen LogP contribution is 2.23. The van der Waals surface area contributed by atoms with E-state index in [0.717, 1.165) is 57.8 Å². The van der Waals surface area contributed by atoms with Gasteiger partial charge in [-0.1, -0.05) is 237 Å². The van der Waals surface area contributed by atoms with Crippen LogP contribution in [0.15, 0.2) is 36.5 Å². The summed E-state index contributed by atoms with van der Waals surface area (Å²) in [6.45, 7) is 3.46. The lowest BCUT2D eigenvalue weighted by Crippen LogP contribution is -2.60. The summed E-state index contributed by atoms with van der Waals surface area (Å²) < 4.78 is 11.1. The Morgan fingerprint density at radius 1 is 0.472 bits per heavy atom. The van der Waals surface area contributed by atoms with Crippen LogP contribution < -0.4 is 5.32 Å². The van der Waals surface area contributed by atoms with Gasteiger partial charge < -0.3 is 50.5 Å². The molecule has 9 atom stereocenters. The van der Waals surface area contributed by atoms with Crippen molar-refractivity contribution in [2.45, 2.75) is 332 Å². The SMILES string of the molecule is CCCCCCCCCCCCC/C=C\CCCCCCCCC(O)C(=O)NC(COC1OC(CO)C(O)C(O)C1O)C(O)C(O)CCC/C=C/CC/C=C/CCCCCCCCCCCCCCCCC. The maximum Gasteiger partial charge on any atom is 0.249 e. The van der Waals surface area contributed by atoms with Crippen molar-refractivity contribution in [3.05, 3.63) is 36.5 Å². The van der Waals surface area contributed by atoms with E-state index in [1.807, 2.05) is 0 Å². The van der Waals surface area contributed by atoms with Crippen LogP contribution in [0.3, 0.4) is 0 Å². The smallest absolute Gasteiger partial charge is 0.249 e. The first-order valence-corrected chi connectivity index (χ1v) is 30.4. The minimum Gasteiger partial charge on any atom is -0.394 e. The lowest BCUT2D eigenvalue weighted by molar-refractivity contribution is -0.303. The van der Waals surface area contributed by atoms with Crippen molar-refractivity contribution in [2.75, 3.05) is 13.2 Å². The average Bonchev–Trinajstić information content (AvgIpc) is 3.38. The van der Waals surface area contributed by atoms with Gasteiger partial charge in [-0.15, -0.1) is 0 Å². The largest absolute Gasteiger partial charge is 0.394 e. The first-order valence-electron chi connectivity index (χ1n) is 30.4. The molecule has 72 heavy (non-hydrogen) atoms. The van der Waals surface area contributed by atoms with Crippen LogP contribution in [0.1, 0.15) is 277 Å². The van der Waals surface area contributed by atoms with Gasteiger partial charge in [0.05, 0.1) is 25.4 Å². The maximum absolute atomic E-state index is 13.2. The third kappa shape index (κ3) is 38.0. The molecule has 1 aliphatic rings. The van der Waals surface area contributed by atoms with Crippen LogP contribution in [0.2, 0.25) is 0 Å². The van der Waals surface area contributed by atoms with Gasteiger partial charge in [-0.05, 0) is 77.0 Å². The first kappa shape index (κ1) is 68.3. The fourth-order valence-corrected chi connectivity index (χ4v) is 9.69. The lowest BCUT2D eigenvalue weighted by Gasteiger charge is -2.40. The predicted molar refractivity (Wildman–Crippen MR) is 298 cm³/mol. The standard InChI is InChI=1S/C61H115NO10/c1-3-5-7-9-11-13-15-17-19-21-23-25-26-27-29-30-32-34-36-38-40-42-44-46-48-53(64)56(66)52(51-71-61-59(69)58(68)57(67)55(50-63)72-61)62-60(70)54(65)49-47-45-43-41-39-37-35-33-31-28-24-22-20-18-16-14-12-10-8-6-4-2/h31-34,40,42,52-59,61,63-69H,3-30,35-39,41,43-51H2,1-2H3,(H,62,70)/b33-31-,34-32+,42-40+. The van der Waals surface area contributed by atoms with Crippen LogP contribution in [-0.2, 0) is 14.3 Å². The maximum atomic E-state index is 13.2. The second kappa shape index (κ2) is 50.2. The third-order valence-corrected chi connectivity index (χ3v) is 14.6. The van der Waals surface area contributed by atoms with E-state index in [0.29, 0.717) is 19.3 Å². The van der Waals surface area contributed by atoms with E-state index in [9.17, 15) is 40.5 Å². The van der Waals surface area contributed by atoms with Crippen LogP contribution in [-0.4, -0.2) is 110 Å². The number of nitrogens with one attached hydrogen (secondary N) is 1. The number of carbonyl (C=O) groups excluding carboxylic acids is 1. The summed E-state index contributed by atoms with van der Waals surface area (Å²) in [7, 11) is 0. The van der Waals surface area contributed by atoms with Gasteiger partial charge in [0.15, 0.2) is 6.29 Å². The number of amides is 1. The molecule has 1 amide bonds. The number of hydrogen-bond acceptors (Lipinski definition) is 10. The molecule has 0 bridgehead atoms. The van der Waals surface area contributed by atoms with Crippen LogP contribution in [0.5, 0.6) is 0 Å². The van der Waals surface area contributed by atoms with Gasteiger partial charge in [0, 0.05) is 0 Å². The van der Waals surface area contributed by atoms with Crippen LogP contribution in [0.4, 0.5) is 0 Å². The molecule has 1 fully saturated rings. The second-order valence-electron chi connectivity index (χ2n) is 21.4. The van der Waals surface area contributed by atoms with E-state index in [-0.39, 0.29) is 12.8 Å². The monoisotopic (exact) mass is 1020 g/mol. The Hall–Kier alpha value is -1.67. The van der Waals surface area contributed by atoms with Gasteiger partial charge >= 0.3 is 0 Å². The number of allylic oxidation sites excluding steroid dienone is 6. The molecule has 0 saturated carbocycles. The first-order chi connectivity index (χ1) is 35.2. The Balaban J connectivity index is 2.33. The Morgan fingerprint density at radius 2 is 0.833 bits per heavy atom. The Bertz CT molecular complexity index is 1260. The summed E-state index contributed by atoms with van der Waals surface area (Å²) in [5.41, 5.74) is 0. The zero-order valence-electron chi connectivity index (χ0n) is 46.4. The molecular formula is C61H115NO10. The van der Waals surface area contributed by atoms with E-state index in [2.05, 4.69) is 55.6 Å². The quantitative estimate of drug-likeness (QED) is 0.0215. The van der Waals surface area contributed by atoms with Gasteiger partial charge in [0.25, 0.3) is 0 Å². The molecule has 0 spiro atoms. The van der Waals surface area contributed by atoms with Crippen molar-refractivity contribution in [3.8, 4) is 0 Å². The van der Waals surface area contributed by atoms with Gasteiger partial charge in [0.1, 0.15) is 36.6 Å². The van der Waals surface area contributed by atoms with Crippen molar-refractivity contribution in [2.24, 2.45) is 0 Å². The predicted octanol–water partition coefficient (Wildman–Crippen LogP) is 13.1. The number of unbranched alkanes of at least 4 members (excludes halogenated alkanes) is 34. The van der Waals surface area contributed by atoms with E-state index < -0.39 is 74.2 Å². The van der Waals surface area contributed by atoms with E-state index in [1.165, 1.54) is 173 Å². The third-order valence-electron chi connectivity index (χ3n) is 14.6. The zero-order valence-corrected chi connectivity index (χ0v) is 46.4. The molecular weight excluding hydrogens is 907 g/mol. The van der Waals surface area contributed by atoms with Crippen molar-refractivity contribution in [3.63, 3.8) is 0 Å². The molecule has 0 aromatic rings. The van der Waals surface area contributed by atoms with Gasteiger partial charge in [0.2, 0.25) is 5.91 Å². The van der Waals surface area contributed by atoms with E-state index in [1.54, 1.807) is 0 Å². The second-order valence-corrected chi connectivity index (χ2v) is 21.4. The fourth-order valence-electron chi connectivity index (χ4n) is 9.69. The van der Waals surface area contributed by atoms with Gasteiger partial charge in [-0.3, -0.25) is 4.79 Å². The van der Waals surface area contributed by atoms with Crippen molar-refractivity contribution < 1.29 is 50.0 Å². The average molecular weight is 1020 g/mol. The van der Waals surface area contributed by atoms with Crippen molar-refractivity contribution >= 4 is 5.91 Å². The normalized spacial score (nSPS) is 20.3. The minimum atomic E-state index is -1.67. The Labute approximate surface area is 441 Å². The molecule has 0 aliphatic carbocycles. The molecule has 1 heterocycles. The number of hydrogen-bond donors (Lipinski definition) is 8. The molecule has 8 N–H and O–H groups in total. The molecule has 11 heteroatoms. The van der Waals surface area contributed by atoms with Crippen LogP contribution in [0, 0.1) is 0 Å². The van der Waals surface area contributed by atoms with E-state index in [4.69, 9.17) is 9.47 Å². The highest BCUT2D eigenvalue weighted by molar-refractivity contribution is 5.80. The number of aliphatic hydroxyl groups excluding tert-OH is 7. The molecule has 9 unspecified atom stereocenters. The lowest BCUT2D eigenvalue weighted by atomic mass is 9.98. The Morgan fingerprint density at radius 3 is 1.24 bits per heavy atom. The number of rotatable bonds is 52. The van der Waals surface area contributed by atoms with Crippen LogP contribution in [0.25, 0.3) is 0 Å². The fraction of sp³-hybridized carbons (Fsp3) is 0.885. The zero-order chi connectivity index (χ0) is 52.5. The summed E-state index contributed by atoms with van der Waals surface area (Å²) >= 11 is 0. The number of ether oxygens (including phenoxy) is 2. The van der Waals surface area contributed by atoms with Gasteiger partial charge in [-0.25, -0.2) is 0 Å². The summed E-state index contributed by atoms with van der Waals surface area (Å²) in [5, 5.41) is 76.2. The molecule has 0 aromatic carbocycles. The van der Waals surface area contributed by atoms with Crippen LogP contribution >= 0.6 is 0 Å². The minimum absolute atomic E-state index is 0.244. The van der Waals surface area contributed by atoms with Gasteiger partial charge in [-0.2, -0.15) is 0 Å². The van der Waals surface area contributed by atoms with Crippen molar-refractivity contribution in [1.82, 2.24) is 5.32 Å². The molecule has 424 valence electrons. The summed E-state index contributed by atoms with van der Waals surface area (Å²) in [6, 6.07) is -1.19. The molecule has 1 rings (SSSR count). The molecule has 11 nitrogen and oxygen atoms in total. The molecule has 0 radical (unpaired) electrons. The summed E-state index contributed by atoms with van der Waals surface area (Å²) in [5.74, 6) is -0.713. The summed E-state index contributed by atoms with van der Waals surface area (Å²) in [6.07, 6.45) is 50.6. The molecule has 1 aliphatic heterocycles. The highest BCUT2D eigenvalue weighted by atomic mass is 16.7. The number of carbonyl (C=O) groups is 1. The number of aliphatic hydroxyl groups is 7. The molecule has 1 saturated heterocycles. The van der Waals surface area contributed by atoms with E-state index >= 15 is 0 Å². The Kier molecular flexibility index (Phi) is 47.6. The van der Waals surface area contributed by atoms with Crippen molar-refractivity contribution in [1.29, 1.82) is 0 Å². The molecule has 0 aromatic heterocycles. The highest BCUT2D eigenvalue weighted by Gasteiger charge is 2.44. The summed E-state index contributed by atoms with van der Waals surface area (Å²) in [4.78, 5) is 13.2.